The summed E-state index contributed by atoms with van der Waals surface area (Å²) in [6, 6.07) is 10.8. The monoisotopic (exact) mass is 288 g/mol. The van der Waals surface area contributed by atoms with Crippen molar-refractivity contribution in [2.45, 2.75) is 25.7 Å². The summed E-state index contributed by atoms with van der Waals surface area (Å²) < 4.78 is 5.43. The van der Waals surface area contributed by atoms with E-state index in [1.807, 2.05) is 0 Å². The Kier molecular flexibility index (Phi) is 2.28. The van der Waals surface area contributed by atoms with Crippen molar-refractivity contribution in [2.75, 3.05) is 7.11 Å². The molecule has 0 unspecified atom stereocenters. The van der Waals surface area contributed by atoms with Gasteiger partial charge in [0, 0.05) is 12.0 Å². The number of methoxy groups -OCH3 is 1. The predicted octanol–water partition coefficient (Wildman–Crippen LogP) is 4.42. The van der Waals surface area contributed by atoms with Crippen molar-refractivity contribution in [3.8, 4) is 5.75 Å². The number of benzene rings is 3. The van der Waals surface area contributed by atoms with E-state index < -0.39 is 0 Å². The summed E-state index contributed by atoms with van der Waals surface area (Å²) >= 11 is 0. The van der Waals surface area contributed by atoms with Crippen molar-refractivity contribution in [2.24, 2.45) is 0 Å². The summed E-state index contributed by atoms with van der Waals surface area (Å²) in [4.78, 5) is 12.4. The highest BCUT2D eigenvalue weighted by Crippen LogP contribution is 2.43. The third-order valence-corrected chi connectivity index (χ3v) is 5.18. The average Bonchev–Trinajstić information content (AvgIpc) is 2.90. The van der Waals surface area contributed by atoms with Gasteiger partial charge in [-0.1, -0.05) is 18.2 Å². The zero-order valence-electron chi connectivity index (χ0n) is 12.5. The number of ketones is 1. The first-order valence-electron chi connectivity index (χ1n) is 7.87. The molecule has 2 nitrogen and oxygen atoms in total. The summed E-state index contributed by atoms with van der Waals surface area (Å²) in [5.41, 5.74) is 4.93. The van der Waals surface area contributed by atoms with Crippen LogP contribution in [0.2, 0.25) is 0 Å². The molecule has 0 aliphatic heterocycles. The number of Topliss-reactive ketones (excluding diaryl/α,β-unsaturated/α-hetero) is 1. The molecular weight excluding hydrogens is 272 g/mol. The maximum atomic E-state index is 12.4. The summed E-state index contributed by atoms with van der Waals surface area (Å²) in [5, 5.41) is 4.98. The normalized spacial score (nSPS) is 15.8. The lowest BCUT2D eigenvalue weighted by Crippen LogP contribution is -2.11. The van der Waals surface area contributed by atoms with Gasteiger partial charge in [0.15, 0.2) is 5.78 Å². The maximum Gasteiger partial charge on any atom is 0.163 e. The predicted molar refractivity (Wildman–Crippen MR) is 88.1 cm³/mol. The van der Waals surface area contributed by atoms with Crippen molar-refractivity contribution in [1.29, 1.82) is 0 Å². The molecule has 0 aromatic heterocycles. The van der Waals surface area contributed by atoms with Crippen LogP contribution in [-0.4, -0.2) is 12.9 Å². The van der Waals surface area contributed by atoms with E-state index in [1.165, 1.54) is 32.8 Å². The first-order chi connectivity index (χ1) is 10.8. The minimum absolute atomic E-state index is 0.314. The van der Waals surface area contributed by atoms with E-state index in [0.29, 0.717) is 12.2 Å². The number of fused-ring (bicyclic) bond motifs is 2. The van der Waals surface area contributed by atoms with Crippen LogP contribution in [0.25, 0.3) is 21.5 Å². The number of rotatable bonds is 1. The largest absolute Gasteiger partial charge is 0.497 e. The highest BCUT2D eigenvalue weighted by molar-refractivity contribution is 6.20. The van der Waals surface area contributed by atoms with Gasteiger partial charge in [0.2, 0.25) is 0 Å². The number of ether oxygens (including phenoxy) is 1. The highest BCUT2D eigenvalue weighted by Gasteiger charge is 2.26. The van der Waals surface area contributed by atoms with Gasteiger partial charge in [-0.25, -0.2) is 0 Å². The number of carbonyl (C=O) groups excluding carboxylic acids is 1. The molecule has 22 heavy (non-hydrogen) atoms. The van der Waals surface area contributed by atoms with Gasteiger partial charge in [-0.2, -0.15) is 0 Å². The van der Waals surface area contributed by atoms with Crippen LogP contribution in [0.5, 0.6) is 5.75 Å². The van der Waals surface area contributed by atoms with Crippen molar-refractivity contribution >= 4 is 27.3 Å². The second-order valence-electron chi connectivity index (χ2n) is 6.40. The average molecular weight is 288 g/mol. The lowest BCUT2D eigenvalue weighted by Gasteiger charge is -2.18. The molecule has 5 rings (SSSR count). The van der Waals surface area contributed by atoms with Gasteiger partial charge in [0.25, 0.3) is 0 Å². The summed E-state index contributed by atoms with van der Waals surface area (Å²) in [5.74, 6) is 1.23. The quantitative estimate of drug-likeness (QED) is 0.484. The SMILES string of the molecule is COc1cc2c3c(ccc4c5c(cc(c43)C2)CCCC5=O)c1. The summed E-state index contributed by atoms with van der Waals surface area (Å²) in [6.45, 7) is 0. The van der Waals surface area contributed by atoms with Crippen LogP contribution in [0, 0.1) is 0 Å². The number of hydrogen-bond acceptors (Lipinski definition) is 2. The number of carbonyl (C=O) groups is 1. The third kappa shape index (κ3) is 1.42. The van der Waals surface area contributed by atoms with E-state index in [2.05, 4.69) is 30.3 Å². The molecule has 0 atom stereocenters. The molecule has 2 aliphatic carbocycles. The molecule has 108 valence electrons. The molecule has 0 amide bonds. The van der Waals surface area contributed by atoms with Crippen LogP contribution < -0.4 is 4.74 Å². The molecule has 0 fully saturated rings. The topological polar surface area (TPSA) is 26.3 Å². The highest BCUT2D eigenvalue weighted by atomic mass is 16.5. The minimum atomic E-state index is 0.314. The minimum Gasteiger partial charge on any atom is -0.497 e. The summed E-state index contributed by atoms with van der Waals surface area (Å²) in [7, 11) is 1.71. The smallest absolute Gasteiger partial charge is 0.163 e. The molecule has 0 N–H and O–H groups in total. The van der Waals surface area contributed by atoms with Gasteiger partial charge in [0.1, 0.15) is 5.75 Å². The molecule has 3 aromatic carbocycles. The molecule has 2 heteroatoms. The Hall–Kier alpha value is -2.35. The Morgan fingerprint density at radius 2 is 1.82 bits per heavy atom. The maximum absolute atomic E-state index is 12.4. The van der Waals surface area contributed by atoms with Crippen molar-refractivity contribution in [1.82, 2.24) is 0 Å². The molecule has 0 radical (unpaired) electrons. The Morgan fingerprint density at radius 3 is 2.68 bits per heavy atom. The van der Waals surface area contributed by atoms with Crippen LogP contribution in [0.4, 0.5) is 0 Å². The molecule has 0 saturated heterocycles. The van der Waals surface area contributed by atoms with E-state index in [4.69, 9.17) is 4.74 Å². The number of hydrogen-bond donors (Lipinski definition) is 0. The Labute approximate surface area is 128 Å². The van der Waals surface area contributed by atoms with Crippen molar-refractivity contribution < 1.29 is 9.53 Å². The molecular formula is C20H16O2. The van der Waals surface area contributed by atoms with Crippen LogP contribution in [0.3, 0.4) is 0 Å². The zero-order valence-corrected chi connectivity index (χ0v) is 12.5. The van der Waals surface area contributed by atoms with E-state index in [1.54, 1.807) is 7.11 Å². The van der Waals surface area contributed by atoms with Gasteiger partial charge in [-0.15, -0.1) is 0 Å². The fourth-order valence-corrected chi connectivity index (χ4v) is 4.29. The number of aryl methyl sites for hydroxylation is 1. The van der Waals surface area contributed by atoms with Crippen molar-refractivity contribution in [3.05, 3.63) is 52.6 Å². The first kappa shape index (κ1) is 12.2. The van der Waals surface area contributed by atoms with Gasteiger partial charge in [-0.3, -0.25) is 4.79 Å². The van der Waals surface area contributed by atoms with Crippen LogP contribution in [0.1, 0.15) is 39.9 Å². The molecule has 2 aliphatic rings. The van der Waals surface area contributed by atoms with E-state index in [-0.39, 0.29) is 0 Å². The fourth-order valence-electron chi connectivity index (χ4n) is 4.29. The summed E-state index contributed by atoms with van der Waals surface area (Å²) in [6.07, 6.45) is 3.65. The van der Waals surface area contributed by atoms with Crippen molar-refractivity contribution in [3.63, 3.8) is 0 Å². The Balaban J connectivity index is 1.96. The zero-order chi connectivity index (χ0) is 14.8. The second kappa shape index (κ2) is 4.10. The lowest BCUT2D eigenvalue weighted by atomic mass is 9.85. The van der Waals surface area contributed by atoms with E-state index >= 15 is 0 Å². The first-order valence-corrected chi connectivity index (χ1v) is 7.87. The van der Waals surface area contributed by atoms with E-state index in [0.717, 1.165) is 36.0 Å². The van der Waals surface area contributed by atoms with Crippen LogP contribution in [0.15, 0.2) is 30.3 Å². The second-order valence-corrected chi connectivity index (χ2v) is 6.40. The van der Waals surface area contributed by atoms with Gasteiger partial charge >= 0.3 is 0 Å². The van der Waals surface area contributed by atoms with Gasteiger partial charge < -0.3 is 4.74 Å². The third-order valence-electron chi connectivity index (χ3n) is 5.18. The molecule has 0 bridgehead atoms. The van der Waals surface area contributed by atoms with E-state index in [9.17, 15) is 4.79 Å². The Morgan fingerprint density at radius 1 is 0.955 bits per heavy atom. The Bertz CT molecular complexity index is 982. The molecule has 0 heterocycles. The molecule has 3 aromatic rings. The standard InChI is InChI=1S/C20H16O2/c1-22-15-9-12-5-6-16-19-11(3-2-4-17(19)21)7-13-8-14(10-15)18(12)20(13)16/h5-7,9-10H,2-4,8H2,1H3. The lowest BCUT2D eigenvalue weighted by molar-refractivity contribution is 0.0974. The molecule has 0 saturated carbocycles. The molecule has 0 spiro atoms. The van der Waals surface area contributed by atoms with Crippen LogP contribution in [-0.2, 0) is 12.8 Å². The van der Waals surface area contributed by atoms with Gasteiger partial charge in [-0.05, 0) is 69.6 Å². The van der Waals surface area contributed by atoms with Crippen LogP contribution >= 0.6 is 0 Å². The fraction of sp³-hybridized carbons (Fsp3) is 0.250. The van der Waals surface area contributed by atoms with Gasteiger partial charge in [0.05, 0.1) is 7.11 Å².